The average Bonchev–Trinajstić information content (AvgIpc) is 2.64. The Kier molecular flexibility index (Phi) is 2.51. The van der Waals surface area contributed by atoms with Gasteiger partial charge in [0, 0.05) is 4.88 Å². The molecular weight excluding hydrogens is 292 g/mol. The Labute approximate surface area is 110 Å². The quantitative estimate of drug-likeness (QED) is 0.774. The van der Waals surface area contributed by atoms with Gasteiger partial charge in [-0.15, -0.1) is 11.3 Å². The first-order chi connectivity index (χ1) is 8.87. The summed E-state index contributed by atoms with van der Waals surface area (Å²) in [6, 6.07) is 0. The number of hydrogen-bond acceptors (Lipinski definition) is 6. The average molecular weight is 300 g/mol. The maximum Gasteiger partial charge on any atom is 0.372 e. The van der Waals surface area contributed by atoms with Crippen LogP contribution in [-0.2, 0) is 22.0 Å². The standard InChI is InChI=1S/C10H8N2O5S2/c13-8-6-4-1-2-19(16,17)3-5(4)18-9(6)12-7(11-8)10(14)15/h1-3H2,(H,14,15)(H,11,12,13). The number of nitrogens with zero attached hydrogens (tertiary/aromatic N) is 1. The van der Waals surface area contributed by atoms with Crippen LogP contribution in [0.5, 0.6) is 0 Å². The lowest BCUT2D eigenvalue weighted by atomic mass is 10.1. The molecule has 1 aliphatic heterocycles. The number of fused-ring (bicyclic) bond motifs is 3. The van der Waals surface area contributed by atoms with E-state index in [-0.39, 0.29) is 22.8 Å². The summed E-state index contributed by atoms with van der Waals surface area (Å²) in [5.74, 6) is -1.85. The Bertz CT molecular complexity index is 862. The molecule has 2 aromatic heterocycles. The summed E-state index contributed by atoms with van der Waals surface area (Å²) in [6.45, 7) is 0. The van der Waals surface area contributed by atoms with Crippen LogP contribution in [0, 0.1) is 0 Å². The van der Waals surface area contributed by atoms with Gasteiger partial charge in [0.15, 0.2) is 9.84 Å². The van der Waals surface area contributed by atoms with E-state index in [1.165, 1.54) is 0 Å². The molecule has 9 heteroatoms. The van der Waals surface area contributed by atoms with Gasteiger partial charge in [-0.25, -0.2) is 18.2 Å². The summed E-state index contributed by atoms with van der Waals surface area (Å²) >= 11 is 1.07. The van der Waals surface area contributed by atoms with Crippen molar-refractivity contribution >= 4 is 37.4 Å². The molecule has 7 nitrogen and oxygen atoms in total. The van der Waals surface area contributed by atoms with Crippen molar-refractivity contribution in [2.75, 3.05) is 5.75 Å². The highest BCUT2D eigenvalue weighted by Crippen LogP contribution is 2.33. The Morgan fingerprint density at radius 1 is 1.42 bits per heavy atom. The highest BCUT2D eigenvalue weighted by atomic mass is 32.2. The highest BCUT2D eigenvalue weighted by molar-refractivity contribution is 7.90. The summed E-state index contributed by atoms with van der Waals surface area (Å²) < 4.78 is 23.1. The Morgan fingerprint density at radius 2 is 2.16 bits per heavy atom. The Hall–Kier alpha value is -1.74. The lowest BCUT2D eigenvalue weighted by Gasteiger charge is -2.11. The normalized spacial score (nSPS) is 17.3. The molecule has 0 aromatic carbocycles. The number of carboxylic acid groups (broad SMARTS) is 1. The molecule has 1 aliphatic rings. The van der Waals surface area contributed by atoms with Crippen LogP contribution in [0.1, 0.15) is 21.1 Å². The molecule has 0 saturated heterocycles. The zero-order chi connectivity index (χ0) is 13.8. The second-order valence-corrected chi connectivity index (χ2v) is 7.51. The number of hydrogen-bond donors (Lipinski definition) is 2. The van der Waals surface area contributed by atoms with Crippen molar-refractivity contribution in [3.05, 3.63) is 26.6 Å². The van der Waals surface area contributed by atoms with Crippen molar-refractivity contribution in [1.82, 2.24) is 9.97 Å². The van der Waals surface area contributed by atoms with E-state index in [0.717, 1.165) is 11.3 Å². The lowest BCUT2D eigenvalue weighted by Crippen LogP contribution is -2.20. The van der Waals surface area contributed by atoms with Gasteiger partial charge in [-0.2, -0.15) is 0 Å². The summed E-state index contributed by atoms with van der Waals surface area (Å²) in [4.78, 5) is 29.6. The fraction of sp³-hybridized carbons (Fsp3) is 0.300. The summed E-state index contributed by atoms with van der Waals surface area (Å²) in [5.41, 5.74) is 0.153. The van der Waals surface area contributed by atoms with Crippen molar-refractivity contribution in [1.29, 1.82) is 0 Å². The third kappa shape index (κ3) is 1.94. The summed E-state index contributed by atoms with van der Waals surface area (Å²) in [7, 11) is -3.13. The minimum Gasteiger partial charge on any atom is -0.475 e. The smallest absolute Gasteiger partial charge is 0.372 e. The highest BCUT2D eigenvalue weighted by Gasteiger charge is 2.27. The SMILES string of the molecule is O=C(O)c1nc2sc3c(c2c(=O)[nH]1)CCS(=O)(=O)C3. The number of aromatic amines is 1. The van der Waals surface area contributed by atoms with Gasteiger partial charge in [0.1, 0.15) is 4.83 Å². The number of aromatic nitrogens is 2. The zero-order valence-electron chi connectivity index (χ0n) is 9.47. The molecule has 0 radical (unpaired) electrons. The third-order valence-electron chi connectivity index (χ3n) is 2.96. The first-order valence-electron chi connectivity index (χ1n) is 5.36. The Balaban J connectivity index is 2.32. The number of thiophene rings is 1. The number of H-pyrrole nitrogens is 1. The topological polar surface area (TPSA) is 117 Å². The largest absolute Gasteiger partial charge is 0.475 e. The molecule has 0 aliphatic carbocycles. The predicted octanol–water partition coefficient (Wildman–Crippen LogP) is 0.154. The molecule has 0 saturated carbocycles. The van der Waals surface area contributed by atoms with E-state index in [1.54, 1.807) is 0 Å². The minimum absolute atomic E-state index is 0.00591. The minimum atomic E-state index is -3.13. The van der Waals surface area contributed by atoms with Crippen LogP contribution >= 0.6 is 11.3 Å². The van der Waals surface area contributed by atoms with Crippen molar-refractivity contribution in [2.24, 2.45) is 0 Å². The summed E-state index contributed by atoms with van der Waals surface area (Å²) in [6.07, 6.45) is 0.273. The maximum absolute atomic E-state index is 11.9. The first-order valence-corrected chi connectivity index (χ1v) is 7.99. The lowest BCUT2D eigenvalue weighted by molar-refractivity contribution is 0.0683. The van der Waals surface area contributed by atoms with Crippen LogP contribution in [-0.4, -0.2) is 35.2 Å². The predicted molar refractivity (Wildman–Crippen MR) is 68.4 cm³/mol. The molecular formula is C10H8N2O5S2. The van der Waals surface area contributed by atoms with Crippen molar-refractivity contribution in [2.45, 2.75) is 12.2 Å². The van der Waals surface area contributed by atoms with E-state index in [9.17, 15) is 18.0 Å². The fourth-order valence-corrected chi connectivity index (χ4v) is 5.15. The molecule has 0 spiro atoms. The number of aryl methyl sites for hydroxylation is 1. The van der Waals surface area contributed by atoms with Crippen LogP contribution in [0.3, 0.4) is 0 Å². The zero-order valence-corrected chi connectivity index (χ0v) is 11.1. The summed E-state index contributed by atoms with van der Waals surface area (Å²) in [5, 5.41) is 9.15. The number of nitrogens with one attached hydrogen (secondary N) is 1. The number of carbonyl (C=O) groups is 1. The third-order valence-corrected chi connectivity index (χ3v) is 5.82. The molecule has 0 amide bonds. The van der Waals surface area contributed by atoms with Crippen molar-refractivity contribution < 1.29 is 18.3 Å². The molecule has 0 atom stereocenters. The molecule has 3 heterocycles. The fourth-order valence-electron chi connectivity index (χ4n) is 2.12. The first kappa shape index (κ1) is 12.3. The van der Waals surface area contributed by atoms with Gasteiger partial charge in [0.2, 0.25) is 5.82 Å². The van der Waals surface area contributed by atoms with Crippen LogP contribution in [0.2, 0.25) is 0 Å². The molecule has 0 unspecified atom stereocenters. The second kappa shape index (κ2) is 3.87. The van der Waals surface area contributed by atoms with Crippen LogP contribution < -0.4 is 5.56 Å². The van der Waals surface area contributed by atoms with Gasteiger partial charge in [-0.3, -0.25) is 4.79 Å². The Morgan fingerprint density at radius 3 is 2.84 bits per heavy atom. The second-order valence-electron chi connectivity index (χ2n) is 4.25. The number of carboxylic acids is 1. The van der Waals surface area contributed by atoms with Gasteiger partial charge in [-0.05, 0) is 12.0 Å². The van der Waals surface area contributed by atoms with Crippen LogP contribution in [0.25, 0.3) is 10.2 Å². The molecule has 0 bridgehead atoms. The van der Waals surface area contributed by atoms with E-state index in [2.05, 4.69) is 9.97 Å². The van der Waals surface area contributed by atoms with Crippen molar-refractivity contribution in [3.63, 3.8) is 0 Å². The van der Waals surface area contributed by atoms with Crippen molar-refractivity contribution in [3.8, 4) is 0 Å². The molecule has 0 fully saturated rings. The van der Waals surface area contributed by atoms with Crippen LogP contribution in [0.4, 0.5) is 0 Å². The van der Waals surface area contributed by atoms with E-state index >= 15 is 0 Å². The number of aromatic carboxylic acids is 1. The molecule has 2 N–H and O–H groups in total. The van der Waals surface area contributed by atoms with Gasteiger partial charge in [-0.1, -0.05) is 0 Å². The molecule has 100 valence electrons. The molecule has 2 aromatic rings. The maximum atomic E-state index is 11.9. The van der Waals surface area contributed by atoms with Gasteiger partial charge in [0.05, 0.1) is 16.9 Å². The number of rotatable bonds is 1. The van der Waals surface area contributed by atoms with Gasteiger partial charge in [0.25, 0.3) is 5.56 Å². The van der Waals surface area contributed by atoms with Gasteiger partial charge < -0.3 is 10.1 Å². The monoisotopic (exact) mass is 300 g/mol. The molecule has 19 heavy (non-hydrogen) atoms. The molecule has 3 rings (SSSR count). The van der Waals surface area contributed by atoms with Crippen LogP contribution in [0.15, 0.2) is 4.79 Å². The van der Waals surface area contributed by atoms with Gasteiger partial charge >= 0.3 is 5.97 Å². The van der Waals surface area contributed by atoms with E-state index in [0.29, 0.717) is 15.8 Å². The van der Waals surface area contributed by atoms with E-state index in [4.69, 9.17) is 5.11 Å². The van der Waals surface area contributed by atoms with E-state index < -0.39 is 27.2 Å². The van der Waals surface area contributed by atoms with E-state index in [1.807, 2.05) is 0 Å². The number of sulfone groups is 1.